The predicted molar refractivity (Wildman–Crippen MR) is 101 cm³/mol. The number of hydrogen-bond donors (Lipinski definition) is 0. The zero-order valence-electron chi connectivity index (χ0n) is 17.0. The Balaban J connectivity index is 2.08. The highest BCUT2D eigenvalue weighted by atomic mass is 19.4. The minimum absolute atomic E-state index is 0.228. The lowest BCUT2D eigenvalue weighted by Crippen LogP contribution is -2.30. The Morgan fingerprint density at radius 3 is 2.34 bits per heavy atom. The van der Waals surface area contributed by atoms with Gasteiger partial charge in [0.15, 0.2) is 5.49 Å². The van der Waals surface area contributed by atoms with Gasteiger partial charge in [-0.25, -0.2) is 4.39 Å². The van der Waals surface area contributed by atoms with Crippen molar-refractivity contribution in [3.8, 4) is 0 Å². The van der Waals surface area contributed by atoms with Gasteiger partial charge in [-0.1, -0.05) is 27.2 Å². The van der Waals surface area contributed by atoms with Crippen LogP contribution in [0.4, 0.5) is 17.6 Å². The Morgan fingerprint density at radius 1 is 1.17 bits per heavy atom. The number of halogens is 4. The van der Waals surface area contributed by atoms with Gasteiger partial charge in [-0.05, 0) is 37.0 Å². The zero-order chi connectivity index (χ0) is 21.6. The van der Waals surface area contributed by atoms with Gasteiger partial charge in [0.1, 0.15) is 5.82 Å². The lowest BCUT2D eigenvalue weighted by atomic mass is 9.85. The molecule has 0 saturated heterocycles. The largest absolute Gasteiger partial charge is 0.416 e. The van der Waals surface area contributed by atoms with E-state index in [0.717, 1.165) is 25.0 Å². The Labute approximate surface area is 166 Å². The normalized spacial score (nSPS) is 16.2. The van der Waals surface area contributed by atoms with Crippen LogP contribution in [0, 0.1) is 11.7 Å². The summed E-state index contributed by atoms with van der Waals surface area (Å²) >= 11 is 0. The van der Waals surface area contributed by atoms with Gasteiger partial charge in [-0.15, -0.1) is 0 Å². The standard InChI is InChI=1S/C21H25F4N3O/c1-20(2,3)17-11-18(28(27(17)4)12-13-6-5-7-13)26-19(29)15-10-14(21(23,24)25)8-9-16(15)22/h8-11,13H,5-7,12H2,1-4H3/b26-18-. The van der Waals surface area contributed by atoms with Crippen molar-refractivity contribution in [3.63, 3.8) is 0 Å². The number of amides is 1. The Bertz CT molecular complexity index is 989. The SMILES string of the molecule is Cn1c(C(C)(C)C)c/c(=N/C(=O)c2cc(C(F)(F)F)ccc2F)n1CC1CCC1. The Kier molecular flexibility index (Phi) is 5.49. The van der Waals surface area contributed by atoms with Crippen molar-refractivity contribution in [1.82, 2.24) is 9.36 Å². The molecule has 1 aromatic heterocycles. The number of nitrogens with zero attached hydrogens (tertiary/aromatic N) is 3. The van der Waals surface area contributed by atoms with E-state index in [0.29, 0.717) is 36.1 Å². The number of carbonyl (C=O) groups excluding carboxylic acids is 1. The topological polar surface area (TPSA) is 39.3 Å². The molecule has 0 aliphatic heterocycles. The molecule has 1 aliphatic rings. The molecule has 8 heteroatoms. The quantitative estimate of drug-likeness (QED) is 0.668. The summed E-state index contributed by atoms with van der Waals surface area (Å²) < 4.78 is 56.8. The number of aromatic nitrogens is 2. The molecule has 0 spiro atoms. The third-order valence-electron chi connectivity index (χ3n) is 5.41. The van der Waals surface area contributed by atoms with E-state index in [1.807, 2.05) is 37.2 Å². The maximum atomic E-state index is 14.1. The van der Waals surface area contributed by atoms with Crippen molar-refractivity contribution >= 4 is 5.91 Å². The molecule has 1 aromatic carbocycles. The van der Waals surface area contributed by atoms with Gasteiger partial charge in [0.2, 0.25) is 0 Å². The molecule has 1 heterocycles. The smallest absolute Gasteiger partial charge is 0.291 e. The highest BCUT2D eigenvalue weighted by molar-refractivity contribution is 5.95. The van der Waals surface area contributed by atoms with Crippen LogP contribution >= 0.6 is 0 Å². The highest BCUT2D eigenvalue weighted by Crippen LogP contribution is 2.31. The van der Waals surface area contributed by atoms with E-state index in [4.69, 9.17) is 0 Å². The van der Waals surface area contributed by atoms with Gasteiger partial charge in [0.25, 0.3) is 5.91 Å². The highest BCUT2D eigenvalue weighted by Gasteiger charge is 2.32. The monoisotopic (exact) mass is 411 g/mol. The van der Waals surface area contributed by atoms with Gasteiger partial charge < -0.3 is 0 Å². The van der Waals surface area contributed by atoms with Crippen molar-refractivity contribution in [2.75, 3.05) is 0 Å². The molecule has 1 aliphatic carbocycles. The van der Waals surface area contributed by atoms with Crippen LogP contribution in [0.3, 0.4) is 0 Å². The molecule has 1 saturated carbocycles. The van der Waals surface area contributed by atoms with Gasteiger partial charge in [0.05, 0.1) is 11.1 Å². The van der Waals surface area contributed by atoms with E-state index >= 15 is 0 Å². The van der Waals surface area contributed by atoms with E-state index in [1.54, 1.807) is 6.07 Å². The second-order valence-electron chi connectivity index (χ2n) is 8.65. The molecule has 0 unspecified atom stereocenters. The second-order valence-corrected chi connectivity index (χ2v) is 8.65. The Hall–Kier alpha value is -2.38. The van der Waals surface area contributed by atoms with Gasteiger partial charge >= 0.3 is 6.18 Å². The van der Waals surface area contributed by atoms with Crippen LogP contribution in [0.2, 0.25) is 0 Å². The molecular formula is C21H25F4N3O. The summed E-state index contributed by atoms with van der Waals surface area (Å²) in [6, 6.07) is 3.54. The molecule has 4 nitrogen and oxygen atoms in total. The molecule has 158 valence electrons. The summed E-state index contributed by atoms with van der Waals surface area (Å²) in [7, 11) is 1.87. The average molecular weight is 411 g/mol. The molecular weight excluding hydrogens is 386 g/mol. The lowest BCUT2D eigenvalue weighted by molar-refractivity contribution is -0.137. The fourth-order valence-electron chi connectivity index (χ4n) is 3.53. The van der Waals surface area contributed by atoms with Crippen LogP contribution in [0.1, 0.15) is 61.6 Å². The van der Waals surface area contributed by atoms with E-state index in [-0.39, 0.29) is 5.41 Å². The first-order valence-electron chi connectivity index (χ1n) is 9.61. The fourth-order valence-corrected chi connectivity index (χ4v) is 3.53. The summed E-state index contributed by atoms with van der Waals surface area (Å²) in [6.45, 7) is 6.72. The summed E-state index contributed by atoms with van der Waals surface area (Å²) in [5.41, 5.74) is -0.743. The molecule has 2 aromatic rings. The molecule has 0 bridgehead atoms. The van der Waals surface area contributed by atoms with Crippen LogP contribution in [-0.4, -0.2) is 15.3 Å². The van der Waals surface area contributed by atoms with Crippen molar-refractivity contribution in [3.05, 3.63) is 52.4 Å². The third kappa shape index (κ3) is 4.46. The first-order chi connectivity index (χ1) is 13.4. The maximum Gasteiger partial charge on any atom is 0.416 e. The molecule has 0 atom stereocenters. The minimum atomic E-state index is -4.67. The van der Waals surface area contributed by atoms with Crippen molar-refractivity contribution in [1.29, 1.82) is 0 Å². The Morgan fingerprint density at radius 2 is 1.83 bits per heavy atom. The molecule has 1 fully saturated rings. The summed E-state index contributed by atoms with van der Waals surface area (Å²) in [5, 5.41) is 0. The fraction of sp³-hybridized carbons (Fsp3) is 0.524. The van der Waals surface area contributed by atoms with E-state index in [1.165, 1.54) is 0 Å². The van der Waals surface area contributed by atoms with E-state index < -0.39 is 29.0 Å². The number of carbonyl (C=O) groups is 1. The molecule has 0 N–H and O–H groups in total. The number of benzene rings is 1. The van der Waals surface area contributed by atoms with Crippen LogP contribution in [0.25, 0.3) is 0 Å². The zero-order valence-corrected chi connectivity index (χ0v) is 17.0. The van der Waals surface area contributed by atoms with Crippen molar-refractivity contribution in [2.45, 2.75) is 58.2 Å². The molecule has 3 rings (SSSR count). The predicted octanol–water partition coefficient (Wildman–Crippen LogP) is 4.82. The second kappa shape index (κ2) is 7.46. The molecule has 0 radical (unpaired) electrons. The molecule has 1 amide bonds. The maximum absolute atomic E-state index is 14.1. The first kappa shape index (κ1) is 21.3. The van der Waals surface area contributed by atoms with Crippen molar-refractivity contribution < 1.29 is 22.4 Å². The summed E-state index contributed by atoms with van der Waals surface area (Å²) in [6.07, 6.45) is -1.35. The van der Waals surface area contributed by atoms with Crippen LogP contribution < -0.4 is 5.49 Å². The minimum Gasteiger partial charge on any atom is -0.291 e. The van der Waals surface area contributed by atoms with Crippen molar-refractivity contribution in [2.24, 2.45) is 18.0 Å². The third-order valence-corrected chi connectivity index (χ3v) is 5.41. The summed E-state index contributed by atoms with van der Waals surface area (Å²) in [4.78, 5) is 16.6. The average Bonchev–Trinajstić information content (AvgIpc) is 2.86. The van der Waals surface area contributed by atoms with Crippen LogP contribution in [-0.2, 0) is 25.2 Å². The van der Waals surface area contributed by atoms with Gasteiger partial charge in [-0.2, -0.15) is 18.2 Å². The molecule has 29 heavy (non-hydrogen) atoms. The van der Waals surface area contributed by atoms with E-state index in [2.05, 4.69) is 4.99 Å². The van der Waals surface area contributed by atoms with E-state index in [9.17, 15) is 22.4 Å². The van der Waals surface area contributed by atoms with Crippen LogP contribution in [0.15, 0.2) is 29.3 Å². The number of rotatable bonds is 3. The van der Waals surface area contributed by atoms with Gasteiger partial charge in [-0.3, -0.25) is 14.2 Å². The summed E-state index contributed by atoms with van der Waals surface area (Å²) in [5.74, 6) is -1.58. The lowest BCUT2D eigenvalue weighted by Gasteiger charge is -2.27. The van der Waals surface area contributed by atoms with Crippen LogP contribution in [0.5, 0.6) is 0 Å². The first-order valence-corrected chi connectivity index (χ1v) is 9.61. The number of alkyl halides is 3. The van der Waals surface area contributed by atoms with Gasteiger partial charge in [0, 0.05) is 30.8 Å². The number of hydrogen-bond acceptors (Lipinski definition) is 1.